The number of thioether (sulfide) groups is 1. The zero-order chi connectivity index (χ0) is 24.0. The Balaban J connectivity index is 5.24. The van der Waals surface area contributed by atoms with Gasteiger partial charge >= 0.3 is 11.9 Å². The molecule has 0 aliphatic heterocycles. The zero-order valence-electron chi connectivity index (χ0n) is 17.1. The molecule has 3 atom stereocenters. The number of nitrogens with one attached hydrogen (secondary N) is 3. The first-order chi connectivity index (χ1) is 14.5. The largest absolute Gasteiger partial charge is 0.481 e. The highest BCUT2D eigenvalue weighted by Crippen LogP contribution is 2.05. The van der Waals surface area contributed by atoms with Crippen LogP contribution in [0.3, 0.4) is 0 Å². The van der Waals surface area contributed by atoms with Gasteiger partial charge in [-0.05, 0) is 31.3 Å². The maximum absolute atomic E-state index is 12.7. The molecule has 0 radical (unpaired) electrons. The second kappa shape index (κ2) is 15.0. The highest BCUT2D eigenvalue weighted by atomic mass is 32.2. The summed E-state index contributed by atoms with van der Waals surface area (Å²) in [4.78, 5) is 69.5. The molecule has 0 saturated carbocycles. The molecule has 0 aliphatic carbocycles. The normalized spacial score (nSPS) is 13.4. The van der Waals surface area contributed by atoms with Gasteiger partial charge in [-0.1, -0.05) is 0 Å². The highest BCUT2D eigenvalue weighted by Gasteiger charge is 2.28. The number of carbonyl (C=O) groups is 6. The molecule has 0 bridgehead atoms. The summed E-state index contributed by atoms with van der Waals surface area (Å²) in [5.74, 6) is -4.97. The third-order valence-corrected chi connectivity index (χ3v) is 4.62. The van der Waals surface area contributed by atoms with E-state index in [1.807, 2.05) is 0 Å². The average Bonchev–Trinajstić information content (AvgIpc) is 2.69. The van der Waals surface area contributed by atoms with E-state index in [9.17, 15) is 28.8 Å². The molecule has 13 nitrogen and oxygen atoms in total. The monoisotopic (exact) mass is 463 g/mol. The highest BCUT2D eigenvalue weighted by molar-refractivity contribution is 7.98. The molecule has 0 aromatic rings. The lowest BCUT2D eigenvalue weighted by Crippen LogP contribution is -2.56. The van der Waals surface area contributed by atoms with E-state index in [0.717, 1.165) is 0 Å². The van der Waals surface area contributed by atoms with E-state index in [-0.39, 0.29) is 32.1 Å². The van der Waals surface area contributed by atoms with Gasteiger partial charge in [-0.25, -0.2) is 0 Å². The minimum atomic E-state index is -1.26. The van der Waals surface area contributed by atoms with E-state index in [0.29, 0.717) is 5.75 Å². The third-order valence-electron chi connectivity index (χ3n) is 3.98. The van der Waals surface area contributed by atoms with Gasteiger partial charge in [-0.3, -0.25) is 28.8 Å². The van der Waals surface area contributed by atoms with Crippen molar-refractivity contribution in [1.82, 2.24) is 16.0 Å². The van der Waals surface area contributed by atoms with Crippen LogP contribution in [-0.4, -0.2) is 82.5 Å². The van der Waals surface area contributed by atoms with Crippen molar-refractivity contribution >= 4 is 47.3 Å². The van der Waals surface area contributed by atoms with Gasteiger partial charge in [0, 0.05) is 12.8 Å². The number of carboxylic acid groups (broad SMARTS) is 2. The smallest absolute Gasteiger partial charge is 0.322 e. The summed E-state index contributed by atoms with van der Waals surface area (Å²) in [6, 6.07) is -3.54. The molecule has 3 unspecified atom stereocenters. The van der Waals surface area contributed by atoms with E-state index in [2.05, 4.69) is 16.0 Å². The molecule has 0 heterocycles. The van der Waals surface area contributed by atoms with Crippen molar-refractivity contribution in [2.45, 2.75) is 50.2 Å². The van der Waals surface area contributed by atoms with Crippen molar-refractivity contribution in [3.63, 3.8) is 0 Å². The van der Waals surface area contributed by atoms with Crippen LogP contribution >= 0.6 is 11.8 Å². The number of rotatable bonds is 16. The minimum Gasteiger partial charge on any atom is -0.481 e. The molecule has 31 heavy (non-hydrogen) atoms. The molecule has 0 spiro atoms. The van der Waals surface area contributed by atoms with Crippen molar-refractivity contribution in [2.24, 2.45) is 11.5 Å². The lowest BCUT2D eigenvalue weighted by molar-refractivity contribution is -0.139. The molecule has 14 heteroatoms. The number of amides is 4. The van der Waals surface area contributed by atoms with Crippen molar-refractivity contribution in [2.75, 3.05) is 18.6 Å². The molecule has 0 aliphatic rings. The first-order valence-corrected chi connectivity index (χ1v) is 10.7. The van der Waals surface area contributed by atoms with E-state index in [4.69, 9.17) is 21.7 Å². The Morgan fingerprint density at radius 3 is 1.94 bits per heavy atom. The molecule has 0 fully saturated rings. The summed E-state index contributed by atoms with van der Waals surface area (Å²) >= 11 is 1.40. The Labute approximate surface area is 183 Å². The second-order valence-corrected chi connectivity index (χ2v) is 7.54. The molecular formula is C17H29N5O8S. The number of hydrogen-bond donors (Lipinski definition) is 7. The van der Waals surface area contributed by atoms with Gasteiger partial charge in [-0.15, -0.1) is 0 Å². The Kier molecular flexibility index (Phi) is 13.6. The third kappa shape index (κ3) is 13.1. The van der Waals surface area contributed by atoms with Crippen molar-refractivity contribution in [3.8, 4) is 0 Å². The number of carbonyl (C=O) groups excluding carboxylic acids is 4. The maximum atomic E-state index is 12.7. The molecular weight excluding hydrogens is 434 g/mol. The lowest BCUT2D eigenvalue weighted by Gasteiger charge is -2.23. The van der Waals surface area contributed by atoms with Crippen LogP contribution in [0.2, 0.25) is 0 Å². The summed E-state index contributed by atoms with van der Waals surface area (Å²) in [7, 11) is 0. The number of carboxylic acids is 2. The second-order valence-electron chi connectivity index (χ2n) is 6.56. The Bertz CT molecular complexity index is 675. The molecule has 0 aromatic carbocycles. The zero-order valence-corrected chi connectivity index (χ0v) is 17.9. The fourth-order valence-corrected chi connectivity index (χ4v) is 2.78. The van der Waals surface area contributed by atoms with Gasteiger partial charge in [0.05, 0.1) is 6.04 Å². The molecule has 9 N–H and O–H groups in total. The van der Waals surface area contributed by atoms with Crippen molar-refractivity contribution in [3.05, 3.63) is 0 Å². The van der Waals surface area contributed by atoms with Gasteiger partial charge in [0.2, 0.25) is 23.6 Å². The predicted octanol–water partition coefficient (Wildman–Crippen LogP) is -2.63. The van der Waals surface area contributed by atoms with E-state index < -0.39 is 60.2 Å². The first kappa shape index (κ1) is 28.1. The van der Waals surface area contributed by atoms with E-state index in [1.54, 1.807) is 6.26 Å². The van der Waals surface area contributed by atoms with Crippen LogP contribution in [0, 0.1) is 0 Å². The quantitative estimate of drug-likeness (QED) is 0.126. The Hall–Kier alpha value is -2.87. The number of primary amides is 1. The molecule has 4 amide bonds. The summed E-state index contributed by atoms with van der Waals surface area (Å²) in [5.41, 5.74) is 10.7. The van der Waals surface area contributed by atoms with Crippen molar-refractivity contribution in [1.29, 1.82) is 0 Å². The summed E-state index contributed by atoms with van der Waals surface area (Å²) < 4.78 is 0. The van der Waals surface area contributed by atoms with Gasteiger partial charge in [0.25, 0.3) is 0 Å². The maximum Gasteiger partial charge on any atom is 0.322 e. The van der Waals surface area contributed by atoms with Crippen LogP contribution in [-0.2, 0) is 28.8 Å². The summed E-state index contributed by atoms with van der Waals surface area (Å²) in [6.07, 6.45) is 1.02. The standard InChI is InChI=1S/C17H29N5O8S/c1-31-7-6-11(16(29)20-8-14(26)27)22-17(30)10(3-4-12(19)23)21-15(28)9(18)2-5-13(24)25/h9-11H,2-8,18H2,1H3,(H2,19,23)(H,20,29)(H,21,28)(H,22,30)(H,24,25)(H,26,27). The number of nitrogens with two attached hydrogens (primary N) is 2. The van der Waals surface area contributed by atoms with Crippen LogP contribution in [0.15, 0.2) is 0 Å². The fourth-order valence-electron chi connectivity index (χ4n) is 2.31. The molecule has 176 valence electrons. The van der Waals surface area contributed by atoms with E-state index >= 15 is 0 Å². The van der Waals surface area contributed by atoms with Crippen LogP contribution in [0.4, 0.5) is 0 Å². The molecule has 0 rings (SSSR count). The van der Waals surface area contributed by atoms with Crippen LogP contribution in [0.1, 0.15) is 32.1 Å². The van der Waals surface area contributed by atoms with Gasteiger partial charge in [0.1, 0.15) is 18.6 Å². The average molecular weight is 464 g/mol. The SMILES string of the molecule is CSCCC(NC(=O)C(CCC(N)=O)NC(=O)C(N)CCC(=O)O)C(=O)NCC(=O)O. The molecule has 0 aromatic heterocycles. The first-order valence-electron chi connectivity index (χ1n) is 9.32. The Morgan fingerprint density at radius 2 is 1.42 bits per heavy atom. The minimum absolute atomic E-state index is 0.167. The fraction of sp³-hybridized carbons (Fsp3) is 0.647. The van der Waals surface area contributed by atoms with Crippen LogP contribution in [0.25, 0.3) is 0 Å². The number of aliphatic carboxylic acids is 2. The van der Waals surface area contributed by atoms with Crippen LogP contribution in [0.5, 0.6) is 0 Å². The van der Waals surface area contributed by atoms with Gasteiger partial charge in [0.15, 0.2) is 0 Å². The van der Waals surface area contributed by atoms with E-state index in [1.165, 1.54) is 11.8 Å². The Morgan fingerprint density at radius 1 is 0.839 bits per heavy atom. The lowest BCUT2D eigenvalue weighted by atomic mass is 10.1. The predicted molar refractivity (Wildman–Crippen MR) is 111 cm³/mol. The summed E-state index contributed by atoms with van der Waals surface area (Å²) in [5, 5.41) is 24.3. The number of hydrogen-bond acceptors (Lipinski definition) is 8. The molecule has 0 saturated heterocycles. The van der Waals surface area contributed by atoms with Gasteiger partial charge in [-0.2, -0.15) is 11.8 Å². The van der Waals surface area contributed by atoms with Gasteiger partial charge < -0.3 is 37.6 Å². The summed E-state index contributed by atoms with van der Waals surface area (Å²) in [6.45, 7) is -0.634. The van der Waals surface area contributed by atoms with Crippen LogP contribution < -0.4 is 27.4 Å². The van der Waals surface area contributed by atoms with Crippen molar-refractivity contribution < 1.29 is 39.0 Å². The topological polar surface area (TPSA) is 231 Å².